The van der Waals surface area contributed by atoms with Gasteiger partial charge in [-0.25, -0.2) is 0 Å². The van der Waals surface area contributed by atoms with E-state index in [2.05, 4.69) is 0 Å². The standard InChI is InChI=1S/C12H23F3N2/c1-7-5-8(2)10(4)17(6-7)11(9(3)16)12(13,14)15/h7-11H,5-6,16H2,1-4H3. The van der Waals surface area contributed by atoms with Gasteiger partial charge in [0.2, 0.25) is 0 Å². The van der Waals surface area contributed by atoms with Crippen LogP contribution >= 0.6 is 0 Å². The van der Waals surface area contributed by atoms with E-state index in [1.807, 2.05) is 20.8 Å². The molecule has 5 heteroatoms. The SMILES string of the molecule is CC1CC(C)C(C)N(C(C(C)N)C(F)(F)F)C1. The molecule has 0 saturated carbocycles. The van der Waals surface area contributed by atoms with Gasteiger partial charge in [0.15, 0.2) is 0 Å². The van der Waals surface area contributed by atoms with E-state index in [4.69, 9.17) is 5.73 Å². The van der Waals surface area contributed by atoms with Crippen LogP contribution in [-0.4, -0.2) is 35.7 Å². The minimum atomic E-state index is -4.25. The van der Waals surface area contributed by atoms with Crippen molar-refractivity contribution in [1.82, 2.24) is 4.90 Å². The van der Waals surface area contributed by atoms with Crippen molar-refractivity contribution >= 4 is 0 Å². The van der Waals surface area contributed by atoms with Gasteiger partial charge >= 0.3 is 6.18 Å². The maximum Gasteiger partial charge on any atom is 0.405 e. The molecule has 102 valence electrons. The van der Waals surface area contributed by atoms with Gasteiger partial charge < -0.3 is 5.73 Å². The first-order valence-electron chi connectivity index (χ1n) is 6.22. The predicted molar refractivity (Wildman–Crippen MR) is 62.6 cm³/mol. The van der Waals surface area contributed by atoms with E-state index in [0.717, 1.165) is 6.42 Å². The molecule has 1 heterocycles. The van der Waals surface area contributed by atoms with Gasteiger partial charge in [0.05, 0.1) is 0 Å². The lowest BCUT2D eigenvalue weighted by Crippen LogP contribution is -2.61. The molecule has 2 nitrogen and oxygen atoms in total. The van der Waals surface area contributed by atoms with Gasteiger partial charge in [-0.2, -0.15) is 13.2 Å². The van der Waals surface area contributed by atoms with Gasteiger partial charge in [-0.05, 0) is 32.1 Å². The molecular weight excluding hydrogens is 229 g/mol. The summed E-state index contributed by atoms with van der Waals surface area (Å²) in [6, 6.07) is -2.48. The van der Waals surface area contributed by atoms with Crippen molar-refractivity contribution in [3.05, 3.63) is 0 Å². The molecule has 2 N–H and O–H groups in total. The van der Waals surface area contributed by atoms with Crippen LogP contribution in [0.1, 0.15) is 34.1 Å². The van der Waals surface area contributed by atoms with E-state index in [0.29, 0.717) is 12.5 Å². The van der Waals surface area contributed by atoms with Crippen LogP contribution < -0.4 is 5.73 Å². The summed E-state index contributed by atoms with van der Waals surface area (Å²) in [4.78, 5) is 1.55. The Kier molecular flexibility index (Phi) is 4.47. The lowest BCUT2D eigenvalue weighted by Gasteiger charge is -2.46. The molecule has 1 fully saturated rings. The van der Waals surface area contributed by atoms with E-state index < -0.39 is 18.3 Å². The molecule has 5 unspecified atom stereocenters. The summed E-state index contributed by atoms with van der Waals surface area (Å²) in [6.45, 7) is 7.82. The zero-order valence-electron chi connectivity index (χ0n) is 11.0. The Hall–Kier alpha value is -0.290. The first-order chi connectivity index (χ1) is 7.64. The Morgan fingerprint density at radius 3 is 2.18 bits per heavy atom. The number of likely N-dealkylation sites (tertiary alicyclic amines) is 1. The Labute approximate surface area is 101 Å². The molecule has 5 atom stereocenters. The minimum absolute atomic E-state index is 0.0659. The van der Waals surface area contributed by atoms with Gasteiger partial charge in [0, 0.05) is 18.6 Å². The summed E-state index contributed by atoms with van der Waals surface area (Å²) in [5, 5.41) is 0. The highest BCUT2D eigenvalue weighted by Crippen LogP contribution is 2.35. The number of hydrogen-bond donors (Lipinski definition) is 1. The molecule has 1 aliphatic rings. The number of halogens is 3. The first kappa shape index (κ1) is 14.8. The van der Waals surface area contributed by atoms with Crippen LogP contribution in [0.3, 0.4) is 0 Å². The monoisotopic (exact) mass is 252 g/mol. The van der Waals surface area contributed by atoms with Crippen molar-refractivity contribution in [2.24, 2.45) is 17.6 Å². The van der Waals surface area contributed by atoms with E-state index in [1.165, 1.54) is 6.92 Å². The molecular formula is C12H23F3N2. The minimum Gasteiger partial charge on any atom is -0.326 e. The van der Waals surface area contributed by atoms with E-state index in [9.17, 15) is 13.2 Å². The van der Waals surface area contributed by atoms with Gasteiger partial charge in [-0.3, -0.25) is 4.90 Å². The smallest absolute Gasteiger partial charge is 0.326 e. The summed E-state index contributed by atoms with van der Waals surface area (Å²) in [5.74, 6) is 0.576. The van der Waals surface area contributed by atoms with Gasteiger partial charge in [-0.15, -0.1) is 0 Å². The molecule has 0 spiro atoms. The average Bonchev–Trinajstić information content (AvgIpc) is 2.10. The maximum atomic E-state index is 13.1. The number of hydrogen-bond acceptors (Lipinski definition) is 2. The molecule has 1 rings (SSSR count). The molecule has 1 saturated heterocycles. The molecule has 0 amide bonds. The van der Waals surface area contributed by atoms with Crippen molar-refractivity contribution in [3.63, 3.8) is 0 Å². The van der Waals surface area contributed by atoms with Crippen LogP contribution in [0.4, 0.5) is 13.2 Å². The van der Waals surface area contributed by atoms with Gasteiger partial charge in [0.25, 0.3) is 0 Å². The van der Waals surface area contributed by atoms with Crippen molar-refractivity contribution in [2.45, 2.75) is 58.4 Å². The molecule has 0 aromatic rings. The maximum absolute atomic E-state index is 13.1. The largest absolute Gasteiger partial charge is 0.405 e. The molecule has 17 heavy (non-hydrogen) atoms. The summed E-state index contributed by atoms with van der Waals surface area (Å²) in [5.41, 5.74) is 5.55. The van der Waals surface area contributed by atoms with Crippen LogP contribution in [0.2, 0.25) is 0 Å². The Morgan fingerprint density at radius 1 is 1.24 bits per heavy atom. The second-order valence-corrected chi connectivity index (χ2v) is 5.60. The van der Waals surface area contributed by atoms with Crippen LogP contribution in [0.25, 0.3) is 0 Å². The summed E-state index contributed by atoms with van der Waals surface area (Å²) in [7, 11) is 0. The molecule has 0 aromatic carbocycles. The zero-order valence-corrected chi connectivity index (χ0v) is 11.0. The van der Waals surface area contributed by atoms with E-state index >= 15 is 0 Å². The normalized spacial score (nSPS) is 35.6. The van der Waals surface area contributed by atoms with Crippen molar-refractivity contribution in [3.8, 4) is 0 Å². The fraction of sp³-hybridized carbons (Fsp3) is 1.00. The quantitative estimate of drug-likeness (QED) is 0.818. The molecule has 0 aromatic heterocycles. The summed E-state index contributed by atoms with van der Waals surface area (Å²) < 4.78 is 39.2. The summed E-state index contributed by atoms with van der Waals surface area (Å²) >= 11 is 0. The summed E-state index contributed by atoms with van der Waals surface area (Å²) in [6.07, 6.45) is -3.26. The third kappa shape index (κ3) is 3.35. The Balaban J connectivity index is 2.93. The zero-order chi connectivity index (χ0) is 13.4. The number of alkyl halides is 3. The number of nitrogens with zero attached hydrogens (tertiary/aromatic N) is 1. The van der Waals surface area contributed by atoms with E-state index in [-0.39, 0.29) is 12.0 Å². The lowest BCUT2D eigenvalue weighted by atomic mass is 9.84. The van der Waals surface area contributed by atoms with Crippen LogP contribution in [0, 0.1) is 11.8 Å². The molecule has 0 aliphatic carbocycles. The third-order valence-corrected chi connectivity index (χ3v) is 3.83. The number of piperidine rings is 1. The fourth-order valence-electron chi connectivity index (χ4n) is 2.91. The second-order valence-electron chi connectivity index (χ2n) is 5.60. The number of nitrogens with two attached hydrogens (primary N) is 1. The first-order valence-corrected chi connectivity index (χ1v) is 6.22. The van der Waals surface area contributed by atoms with Crippen LogP contribution in [0.5, 0.6) is 0 Å². The molecule has 0 radical (unpaired) electrons. The number of rotatable bonds is 2. The highest BCUT2D eigenvalue weighted by Gasteiger charge is 2.49. The predicted octanol–water partition coefficient (Wildman–Crippen LogP) is 2.63. The fourth-order valence-corrected chi connectivity index (χ4v) is 2.91. The molecule has 0 bridgehead atoms. The second kappa shape index (κ2) is 5.14. The Morgan fingerprint density at radius 2 is 1.76 bits per heavy atom. The average molecular weight is 252 g/mol. The van der Waals surface area contributed by atoms with E-state index in [1.54, 1.807) is 4.90 Å². The van der Waals surface area contributed by atoms with Crippen LogP contribution in [-0.2, 0) is 0 Å². The van der Waals surface area contributed by atoms with Crippen LogP contribution in [0.15, 0.2) is 0 Å². The highest BCUT2D eigenvalue weighted by molar-refractivity contribution is 4.93. The van der Waals surface area contributed by atoms with Crippen molar-refractivity contribution in [1.29, 1.82) is 0 Å². The van der Waals surface area contributed by atoms with Crippen molar-refractivity contribution in [2.75, 3.05) is 6.54 Å². The van der Waals surface area contributed by atoms with Gasteiger partial charge in [-0.1, -0.05) is 13.8 Å². The Bertz CT molecular complexity index is 253. The molecule has 1 aliphatic heterocycles. The third-order valence-electron chi connectivity index (χ3n) is 3.83. The van der Waals surface area contributed by atoms with Crippen molar-refractivity contribution < 1.29 is 13.2 Å². The highest BCUT2D eigenvalue weighted by atomic mass is 19.4. The topological polar surface area (TPSA) is 29.3 Å². The lowest BCUT2D eigenvalue weighted by molar-refractivity contribution is -0.201. The van der Waals surface area contributed by atoms with Gasteiger partial charge in [0.1, 0.15) is 6.04 Å².